The summed E-state index contributed by atoms with van der Waals surface area (Å²) in [5.41, 5.74) is 1.19. The van der Waals surface area contributed by atoms with Crippen LogP contribution in [0.15, 0.2) is 53.5 Å². The molecule has 0 N–H and O–H groups in total. The lowest BCUT2D eigenvalue weighted by molar-refractivity contribution is -0.0498. The Morgan fingerprint density at radius 3 is 2.54 bits per heavy atom. The highest BCUT2D eigenvalue weighted by Gasteiger charge is 2.22. The second kappa shape index (κ2) is 9.30. The third-order valence-electron chi connectivity index (χ3n) is 4.49. The highest BCUT2D eigenvalue weighted by molar-refractivity contribution is 6.08. The topological polar surface area (TPSA) is 51.1 Å². The fourth-order valence-electron chi connectivity index (χ4n) is 3.13. The zero-order valence-electron chi connectivity index (χ0n) is 15.6. The summed E-state index contributed by atoms with van der Waals surface area (Å²) in [6, 6.07) is 13.2. The molecule has 1 aliphatic rings. The quantitative estimate of drug-likeness (QED) is 0.652. The van der Waals surface area contributed by atoms with E-state index in [2.05, 4.69) is 9.73 Å². The fraction of sp³-hybridized carbons (Fsp3) is 0.333. The van der Waals surface area contributed by atoms with Gasteiger partial charge in [-0.3, -0.25) is 9.79 Å². The van der Waals surface area contributed by atoms with Gasteiger partial charge < -0.3 is 14.4 Å². The number of amidine groups is 1. The molecule has 2 aromatic carbocycles. The van der Waals surface area contributed by atoms with Crippen LogP contribution in [0.1, 0.15) is 29.6 Å². The second-order valence-electron chi connectivity index (χ2n) is 6.34. The van der Waals surface area contributed by atoms with Gasteiger partial charge in [0.2, 0.25) is 0 Å². The van der Waals surface area contributed by atoms with Crippen molar-refractivity contribution in [1.82, 2.24) is 0 Å². The molecule has 5 nitrogen and oxygen atoms in total. The van der Waals surface area contributed by atoms with Crippen molar-refractivity contribution in [3.8, 4) is 11.5 Å². The predicted molar refractivity (Wildman–Crippen MR) is 104 cm³/mol. The van der Waals surface area contributed by atoms with E-state index >= 15 is 0 Å². The smallest absolute Gasteiger partial charge is 0.387 e. The number of methoxy groups -OCH3 is 1. The van der Waals surface area contributed by atoms with Crippen LogP contribution in [0.2, 0.25) is 0 Å². The number of carbonyl (C=O) groups is 1. The maximum atomic E-state index is 12.9. The fourth-order valence-corrected chi connectivity index (χ4v) is 3.13. The minimum Gasteiger partial charge on any atom is -0.495 e. The van der Waals surface area contributed by atoms with E-state index in [4.69, 9.17) is 4.74 Å². The molecule has 0 bridgehead atoms. The lowest BCUT2D eigenvalue weighted by Crippen LogP contribution is -2.37. The molecule has 0 atom stereocenters. The van der Waals surface area contributed by atoms with Gasteiger partial charge in [0.15, 0.2) is 5.78 Å². The zero-order chi connectivity index (χ0) is 19.9. The van der Waals surface area contributed by atoms with Crippen molar-refractivity contribution in [2.75, 3.05) is 25.1 Å². The zero-order valence-corrected chi connectivity index (χ0v) is 15.6. The number of anilines is 1. The first-order valence-corrected chi connectivity index (χ1v) is 9.10. The molecule has 3 rings (SSSR count). The van der Waals surface area contributed by atoms with Crippen molar-refractivity contribution in [3.05, 3.63) is 54.1 Å². The highest BCUT2D eigenvalue weighted by atomic mass is 19.3. The van der Waals surface area contributed by atoms with Crippen molar-refractivity contribution < 1.29 is 23.0 Å². The van der Waals surface area contributed by atoms with Crippen LogP contribution in [0, 0.1) is 0 Å². The van der Waals surface area contributed by atoms with Crippen LogP contribution in [0.4, 0.5) is 14.5 Å². The van der Waals surface area contributed by atoms with E-state index in [1.165, 1.54) is 24.3 Å². The summed E-state index contributed by atoms with van der Waals surface area (Å²) in [5.74, 6) is 1.37. The van der Waals surface area contributed by atoms with Crippen LogP contribution in [0.5, 0.6) is 11.5 Å². The molecule has 1 heterocycles. The average molecular weight is 388 g/mol. The molecular weight excluding hydrogens is 366 g/mol. The summed E-state index contributed by atoms with van der Waals surface area (Å²) in [6.45, 7) is -2.09. The lowest BCUT2D eigenvalue weighted by atomic mass is 10.1. The summed E-state index contributed by atoms with van der Waals surface area (Å²) in [6.07, 6.45) is 2.83. The van der Waals surface area contributed by atoms with Gasteiger partial charge in [-0.25, -0.2) is 0 Å². The van der Waals surface area contributed by atoms with Gasteiger partial charge in [0, 0.05) is 18.5 Å². The van der Waals surface area contributed by atoms with E-state index in [1.807, 2.05) is 29.2 Å². The number of carbonyl (C=O) groups excluding carboxylic acids is 1. The van der Waals surface area contributed by atoms with Gasteiger partial charge in [0.05, 0.1) is 19.3 Å². The number of benzene rings is 2. The van der Waals surface area contributed by atoms with Crippen molar-refractivity contribution in [3.63, 3.8) is 0 Å². The van der Waals surface area contributed by atoms with Crippen molar-refractivity contribution in [2.24, 2.45) is 4.99 Å². The minimum atomic E-state index is -2.90. The lowest BCUT2D eigenvalue weighted by Gasteiger charge is -2.29. The molecule has 0 amide bonds. The highest BCUT2D eigenvalue weighted by Crippen LogP contribution is 2.30. The van der Waals surface area contributed by atoms with Crippen LogP contribution >= 0.6 is 0 Å². The number of hydrogen-bond acceptors (Lipinski definition) is 5. The molecule has 148 valence electrons. The van der Waals surface area contributed by atoms with Gasteiger partial charge in [-0.2, -0.15) is 8.78 Å². The van der Waals surface area contributed by atoms with Crippen molar-refractivity contribution in [1.29, 1.82) is 0 Å². The Labute approximate surface area is 162 Å². The van der Waals surface area contributed by atoms with Crippen molar-refractivity contribution >= 4 is 17.3 Å². The second-order valence-corrected chi connectivity index (χ2v) is 6.34. The SMILES string of the molecule is COc1ccccc1N(CC(=O)c1ccc(OC(F)F)cc1)C1=NCCCC1. The summed E-state index contributed by atoms with van der Waals surface area (Å²) >= 11 is 0. The molecule has 0 unspecified atom stereocenters. The normalized spacial score (nSPS) is 13.8. The summed E-state index contributed by atoms with van der Waals surface area (Å²) in [4.78, 5) is 19.4. The number of halogens is 2. The Balaban J connectivity index is 1.85. The van der Waals surface area contributed by atoms with E-state index in [-0.39, 0.29) is 18.1 Å². The Bertz CT molecular complexity index is 838. The number of nitrogens with zero attached hydrogens (tertiary/aromatic N) is 2. The Hall–Kier alpha value is -2.96. The number of ketones is 1. The van der Waals surface area contributed by atoms with Gasteiger partial charge in [-0.1, -0.05) is 12.1 Å². The third kappa shape index (κ3) is 4.85. The van der Waals surface area contributed by atoms with Gasteiger partial charge in [0.25, 0.3) is 0 Å². The number of para-hydroxylation sites is 2. The number of ether oxygens (including phenoxy) is 2. The molecule has 0 saturated heterocycles. The van der Waals surface area contributed by atoms with Crippen LogP contribution in [0.25, 0.3) is 0 Å². The molecule has 28 heavy (non-hydrogen) atoms. The summed E-state index contributed by atoms with van der Waals surface area (Å²) in [5, 5.41) is 0. The average Bonchev–Trinajstić information content (AvgIpc) is 2.72. The Morgan fingerprint density at radius 1 is 1.14 bits per heavy atom. The molecule has 0 fully saturated rings. The van der Waals surface area contributed by atoms with Crippen molar-refractivity contribution in [2.45, 2.75) is 25.9 Å². The molecular formula is C21H22F2N2O3. The van der Waals surface area contributed by atoms with Crippen LogP contribution in [-0.2, 0) is 0 Å². The van der Waals surface area contributed by atoms with Crippen LogP contribution in [-0.4, -0.2) is 38.4 Å². The summed E-state index contributed by atoms with van der Waals surface area (Å²) < 4.78 is 34.4. The number of Topliss-reactive ketones (excluding diaryl/α,β-unsaturated/α-hetero) is 1. The maximum absolute atomic E-state index is 12.9. The molecule has 1 aliphatic heterocycles. The van der Waals surface area contributed by atoms with Gasteiger partial charge in [-0.15, -0.1) is 0 Å². The summed E-state index contributed by atoms with van der Waals surface area (Å²) in [7, 11) is 1.59. The molecule has 7 heteroatoms. The number of alkyl halides is 2. The minimum absolute atomic E-state index is 0.0183. The predicted octanol–water partition coefficient (Wildman–Crippen LogP) is 4.57. The largest absolute Gasteiger partial charge is 0.495 e. The first-order valence-electron chi connectivity index (χ1n) is 9.10. The first kappa shape index (κ1) is 19.8. The molecule has 0 aliphatic carbocycles. The number of aliphatic imine (C=N–C) groups is 1. The van der Waals surface area contributed by atoms with E-state index in [9.17, 15) is 13.6 Å². The van der Waals surface area contributed by atoms with E-state index in [1.54, 1.807) is 7.11 Å². The number of rotatable bonds is 7. The standard InChI is InChI=1S/C21H22F2N2O3/c1-27-19-7-3-2-6-17(19)25(20-8-4-5-13-24-20)14-18(26)15-9-11-16(12-10-15)28-21(22)23/h2-3,6-7,9-12,21H,4-5,8,13-14H2,1H3. The molecule has 0 aromatic heterocycles. The monoisotopic (exact) mass is 388 g/mol. The van der Waals surface area contributed by atoms with Gasteiger partial charge >= 0.3 is 6.61 Å². The number of hydrogen-bond donors (Lipinski definition) is 0. The van der Waals surface area contributed by atoms with Gasteiger partial charge in [-0.05, 0) is 49.2 Å². The van der Waals surface area contributed by atoms with Crippen LogP contribution in [0.3, 0.4) is 0 Å². The Morgan fingerprint density at radius 2 is 1.89 bits per heavy atom. The maximum Gasteiger partial charge on any atom is 0.387 e. The molecule has 2 aromatic rings. The van der Waals surface area contributed by atoms with Crippen LogP contribution < -0.4 is 14.4 Å². The molecule has 0 spiro atoms. The molecule has 0 saturated carbocycles. The van der Waals surface area contributed by atoms with Gasteiger partial charge in [0.1, 0.15) is 17.3 Å². The Kier molecular flexibility index (Phi) is 6.57. The van der Waals surface area contributed by atoms with E-state index in [0.717, 1.165) is 37.3 Å². The van der Waals surface area contributed by atoms with E-state index < -0.39 is 6.61 Å². The van der Waals surface area contributed by atoms with E-state index in [0.29, 0.717) is 11.3 Å². The molecule has 0 radical (unpaired) electrons. The first-order chi connectivity index (χ1) is 13.6. The third-order valence-corrected chi connectivity index (χ3v) is 4.49.